The molecule has 0 saturated heterocycles. The highest BCUT2D eigenvalue weighted by Crippen LogP contribution is 2.28. The van der Waals surface area contributed by atoms with Crippen LogP contribution in [-0.2, 0) is 48.5 Å². The number of nitrogens with zero attached hydrogens (tertiary/aromatic N) is 4. The number of aromatic nitrogens is 4. The summed E-state index contributed by atoms with van der Waals surface area (Å²) in [6.07, 6.45) is 8.55. The van der Waals surface area contributed by atoms with Crippen LogP contribution in [0, 0.1) is 11.6 Å². The van der Waals surface area contributed by atoms with E-state index in [2.05, 4.69) is 52.9 Å². The van der Waals surface area contributed by atoms with Crippen molar-refractivity contribution in [3.05, 3.63) is 183 Å². The van der Waals surface area contributed by atoms with E-state index in [0.717, 1.165) is 47.2 Å². The molecule has 2 aromatic carbocycles. The molecule has 7 rings (SSSR count). The van der Waals surface area contributed by atoms with Gasteiger partial charge >= 0.3 is 12.2 Å². The van der Waals surface area contributed by atoms with Crippen LogP contribution in [0.15, 0.2) is 116 Å². The average Bonchev–Trinajstić information content (AvgIpc) is 3.92. The number of carbonyl (C=O) groups excluding carboxylic acids is 4. The molecule has 0 unspecified atom stereocenters. The number of anilines is 2. The van der Waals surface area contributed by atoms with E-state index in [9.17, 15) is 28.0 Å². The fraction of sp³-hybridized carbons (Fsp3) is 0.333. The third kappa shape index (κ3) is 19.1. The fourth-order valence-corrected chi connectivity index (χ4v) is 7.86. The van der Waals surface area contributed by atoms with Crippen molar-refractivity contribution in [2.24, 2.45) is 0 Å². The first-order valence-electron chi connectivity index (χ1n) is 25.0. The lowest BCUT2D eigenvalue weighted by atomic mass is 10.1. The molecule has 0 aliphatic heterocycles. The zero-order chi connectivity index (χ0) is 54.7. The molecule has 6 N–H and O–H groups in total. The van der Waals surface area contributed by atoms with Crippen LogP contribution < -0.4 is 31.9 Å². The van der Waals surface area contributed by atoms with Gasteiger partial charge in [-0.25, -0.2) is 28.3 Å². The number of halogens is 3. The Bertz CT molecular complexity index is 3000. The SMILES string of the molecule is CC(C)(C)OC(=O)NCc1ncccc1CNC(=O)c1ccc(C2=CCCC2)nc1NCCc1cccc(F)c1.CC(C)(C)OC(=O)NCc1ncccc1CNC(=O)c1ccc(Cl)nc1NCCc1cccc(F)c1. The molecule has 0 fully saturated rings. The molecule has 0 spiro atoms. The van der Waals surface area contributed by atoms with E-state index < -0.39 is 23.4 Å². The Morgan fingerprint density at radius 3 is 1.54 bits per heavy atom. The van der Waals surface area contributed by atoms with Gasteiger partial charge in [-0.05, 0) is 162 Å². The Hall–Kier alpha value is -7.99. The van der Waals surface area contributed by atoms with Crippen molar-refractivity contribution in [3.63, 3.8) is 0 Å². The maximum Gasteiger partial charge on any atom is 0.407 e. The van der Waals surface area contributed by atoms with Crippen LogP contribution in [0.25, 0.3) is 5.57 Å². The fourth-order valence-electron chi connectivity index (χ4n) is 7.71. The van der Waals surface area contributed by atoms with E-state index in [0.29, 0.717) is 60.1 Å². The molecule has 0 radical (unpaired) electrons. The van der Waals surface area contributed by atoms with Gasteiger partial charge in [0.1, 0.15) is 39.6 Å². The van der Waals surface area contributed by atoms with Gasteiger partial charge in [-0.3, -0.25) is 19.6 Å². The van der Waals surface area contributed by atoms with Crippen molar-refractivity contribution < 1.29 is 37.4 Å². The summed E-state index contributed by atoms with van der Waals surface area (Å²) >= 11 is 6.05. The van der Waals surface area contributed by atoms with Gasteiger partial charge in [0.25, 0.3) is 11.8 Å². The Kier molecular flexibility index (Phi) is 20.7. The number of ether oxygens (including phenoxy) is 2. The number of allylic oxidation sites excluding steroid dienone is 2. The van der Waals surface area contributed by atoms with Gasteiger partial charge in [-0.1, -0.05) is 54.1 Å². The highest BCUT2D eigenvalue weighted by Gasteiger charge is 2.21. The van der Waals surface area contributed by atoms with Crippen LogP contribution in [0.1, 0.15) is 121 Å². The van der Waals surface area contributed by atoms with Crippen molar-refractivity contribution in [3.8, 4) is 0 Å². The van der Waals surface area contributed by atoms with Crippen LogP contribution in [0.2, 0.25) is 5.15 Å². The van der Waals surface area contributed by atoms with Crippen LogP contribution in [0.4, 0.5) is 30.0 Å². The van der Waals surface area contributed by atoms with E-state index >= 15 is 0 Å². The monoisotopic (exact) mass is 1060 g/mol. The molecule has 16 nitrogen and oxygen atoms in total. The Morgan fingerprint density at radius 1 is 0.592 bits per heavy atom. The van der Waals surface area contributed by atoms with Crippen LogP contribution in [0.5, 0.6) is 0 Å². The van der Waals surface area contributed by atoms with Gasteiger partial charge in [0, 0.05) is 38.6 Å². The zero-order valence-corrected chi connectivity index (χ0v) is 44.4. The van der Waals surface area contributed by atoms with Crippen LogP contribution >= 0.6 is 11.6 Å². The molecule has 4 aromatic heterocycles. The largest absolute Gasteiger partial charge is 0.444 e. The van der Waals surface area contributed by atoms with Crippen LogP contribution in [0.3, 0.4) is 0 Å². The molecular weight excluding hydrogens is 994 g/mol. The third-order valence-corrected chi connectivity index (χ3v) is 11.5. The minimum Gasteiger partial charge on any atom is -0.444 e. The summed E-state index contributed by atoms with van der Waals surface area (Å²) < 4.78 is 37.6. The van der Waals surface area contributed by atoms with E-state index in [1.54, 1.807) is 90.3 Å². The first-order chi connectivity index (χ1) is 36.3. The minimum absolute atomic E-state index is 0.149. The highest BCUT2D eigenvalue weighted by molar-refractivity contribution is 6.29. The lowest BCUT2D eigenvalue weighted by molar-refractivity contribution is 0.0511. The molecule has 19 heteroatoms. The predicted molar refractivity (Wildman–Crippen MR) is 289 cm³/mol. The number of nitrogens with one attached hydrogen (secondary N) is 6. The van der Waals surface area contributed by atoms with Gasteiger partial charge in [0.2, 0.25) is 0 Å². The number of hydrogen-bond donors (Lipinski definition) is 6. The van der Waals surface area contributed by atoms with Crippen molar-refractivity contribution in [1.29, 1.82) is 0 Å². The topological polar surface area (TPSA) is 210 Å². The molecule has 4 amide bonds. The summed E-state index contributed by atoms with van der Waals surface area (Å²) in [6.45, 7) is 12.4. The van der Waals surface area contributed by atoms with Gasteiger partial charge in [-0.2, -0.15) is 0 Å². The standard InChI is InChI=1S/C31H36FN5O3.C26H29ClFN5O3/c1-31(2,3)40-30(39)36-20-27-23(11-7-16-33-27)19-35-29(38)25-13-14-26(22-9-4-5-10-22)37-28(25)34-17-15-21-8-6-12-24(32)18-21;1-26(2,3)36-25(35)32-16-21-18(7-5-12-29-21)15-31-24(34)20-9-10-22(27)33-23(20)30-13-11-17-6-4-8-19(28)14-17/h6-9,11-14,16,18H,4-5,10,15,17,19-20H2,1-3H3,(H,34,37)(H,35,38)(H,36,39);4-10,12,14H,11,13,15-16H2,1-3H3,(H,30,33)(H,31,34)(H,32,35). The minimum atomic E-state index is -0.610. The molecule has 1 aliphatic carbocycles. The van der Waals surface area contributed by atoms with E-state index in [4.69, 9.17) is 26.1 Å². The second kappa shape index (κ2) is 27.5. The van der Waals surface area contributed by atoms with Crippen LogP contribution in [-0.4, -0.2) is 68.2 Å². The smallest absolute Gasteiger partial charge is 0.407 e. The Morgan fingerprint density at radius 2 is 1.08 bits per heavy atom. The van der Waals surface area contributed by atoms with Gasteiger partial charge < -0.3 is 41.4 Å². The molecule has 6 aromatic rings. The van der Waals surface area contributed by atoms with Crippen molar-refractivity contribution in [2.45, 2.75) is 111 Å². The quantitative estimate of drug-likeness (QED) is 0.0419. The number of rotatable bonds is 19. The first kappa shape index (κ1) is 57.3. The number of amides is 4. The highest BCUT2D eigenvalue weighted by atomic mass is 35.5. The second-order valence-electron chi connectivity index (χ2n) is 19.7. The first-order valence-corrected chi connectivity index (χ1v) is 25.4. The summed E-state index contributed by atoms with van der Waals surface area (Å²) in [5.74, 6) is -0.414. The maximum atomic E-state index is 13.6. The number of pyridine rings is 4. The Balaban J connectivity index is 0.000000248. The van der Waals surface area contributed by atoms with E-state index in [1.807, 2.05) is 30.3 Å². The summed E-state index contributed by atoms with van der Waals surface area (Å²) in [6, 6.07) is 26.8. The number of alkyl carbamates (subject to hydrolysis) is 2. The lowest BCUT2D eigenvalue weighted by Crippen LogP contribution is -2.33. The summed E-state index contributed by atoms with van der Waals surface area (Å²) in [5, 5.41) is 17.9. The van der Waals surface area contributed by atoms with Gasteiger partial charge in [-0.15, -0.1) is 0 Å². The molecule has 4 heterocycles. The van der Waals surface area contributed by atoms with Gasteiger partial charge in [0.05, 0.1) is 41.3 Å². The molecule has 0 atom stereocenters. The van der Waals surface area contributed by atoms with E-state index in [1.165, 1.54) is 35.9 Å². The average molecular weight is 1060 g/mol. The predicted octanol–water partition coefficient (Wildman–Crippen LogP) is 10.7. The molecule has 1 aliphatic rings. The number of hydrogen-bond acceptors (Lipinski definition) is 12. The van der Waals surface area contributed by atoms with E-state index in [-0.39, 0.29) is 54.8 Å². The maximum absolute atomic E-state index is 13.6. The summed E-state index contributed by atoms with van der Waals surface area (Å²) in [4.78, 5) is 68.1. The summed E-state index contributed by atoms with van der Waals surface area (Å²) in [7, 11) is 0. The zero-order valence-electron chi connectivity index (χ0n) is 43.6. The third-order valence-electron chi connectivity index (χ3n) is 11.3. The molecule has 76 heavy (non-hydrogen) atoms. The summed E-state index contributed by atoms with van der Waals surface area (Å²) in [5.41, 5.74) is 5.97. The normalized spacial score (nSPS) is 12.0. The number of benzene rings is 2. The van der Waals surface area contributed by atoms with Crippen molar-refractivity contribution in [1.82, 2.24) is 41.2 Å². The second-order valence-corrected chi connectivity index (χ2v) is 20.0. The lowest BCUT2D eigenvalue weighted by Gasteiger charge is -2.20. The number of carbonyl (C=O) groups is 4. The molecule has 0 saturated carbocycles. The Labute approximate surface area is 447 Å². The molecule has 400 valence electrons. The molecule has 0 bridgehead atoms. The van der Waals surface area contributed by atoms with Gasteiger partial charge in [0.15, 0.2) is 0 Å². The van der Waals surface area contributed by atoms with Crippen molar-refractivity contribution in [2.75, 3.05) is 23.7 Å². The van der Waals surface area contributed by atoms with Crippen molar-refractivity contribution >= 4 is 52.8 Å². The molecular formula is C57H65ClF2N10O6.